The maximum absolute atomic E-state index is 5.56. The third-order valence-electron chi connectivity index (χ3n) is 4.33. The molecular weight excluding hydrogens is 248 g/mol. The molecule has 1 rings (SSSR count). The van der Waals surface area contributed by atoms with Gasteiger partial charge in [0.2, 0.25) is 0 Å². The first-order valence-corrected chi connectivity index (χ1v) is 8.03. The van der Waals surface area contributed by atoms with E-state index in [4.69, 9.17) is 9.47 Å². The molecule has 0 aromatic rings. The van der Waals surface area contributed by atoms with E-state index in [1.807, 2.05) is 0 Å². The molecule has 116 valence electrons. The van der Waals surface area contributed by atoms with Crippen molar-refractivity contribution in [3.05, 3.63) is 23.3 Å². The Labute approximate surface area is 125 Å². The predicted molar refractivity (Wildman–Crippen MR) is 85.7 cm³/mol. The van der Waals surface area contributed by atoms with Gasteiger partial charge in [0.25, 0.3) is 0 Å². The zero-order chi connectivity index (χ0) is 15.0. The molecule has 1 fully saturated rings. The lowest BCUT2D eigenvalue weighted by Gasteiger charge is -2.22. The molecule has 20 heavy (non-hydrogen) atoms. The van der Waals surface area contributed by atoms with Crippen LogP contribution in [-0.4, -0.2) is 19.5 Å². The molecule has 0 spiro atoms. The van der Waals surface area contributed by atoms with Crippen LogP contribution in [0, 0.1) is 5.41 Å². The highest BCUT2D eigenvalue weighted by Crippen LogP contribution is 2.27. The fourth-order valence-corrected chi connectivity index (χ4v) is 2.17. The van der Waals surface area contributed by atoms with Gasteiger partial charge >= 0.3 is 0 Å². The molecule has 2 nitrogen and oxygen atoms in total. The smallest absolute Gasteiger partial charge is 0.177 e. The van der Waals surface area contributed by atoms with E-state index in [9.17, 15) is 0 Å². The van der Waals surface area contributed by atoms with Gasteiger partial charge in [-0.25, -0.2) is 0 Å². The molecule has 0 amide bonds. The summed E-state index contributed by atoms with van der Waals surface area (Å²) in [4.78, 5) is 0. The highest BCUT2D eigenvalue weighted by atomic mass is 16.7. The van der Waals surface area contributed by atoms with Crippen molar-refractivity contribution < 1.29 is 9.47 Å². The third kappa shape index (κ3) is 6.71. The first-order valence-electron chi connectivity index (χ1n) is 8.03. The van der Waals surface area contributed by atoms with Crippen molar-refractivity contribution in [3.8, 4) is 0 Å². The minimum Gasteiger partial charge on any atom is -0.349 e. The van der Waals surface area contributed by atoms with E-state index < -0.39 is 0 Å². The lowest BCUT2D eigenvalue weighted by atomic mass is 9.84. The summed E-state index contributed by atoms with van der Waals surface area (Å²) in [5.74, 6) is 0. The fraction of sp³-hybridized carbons (Fsp3) is 0.778. The van der Waals surface area contributed by atoms with E-state index >= 15 is 0 Å². The van der Waals surface area contributed by atoms with Gasteiger partial charge < -0.3 is 9.47 Å². The SMILES string of the molecule is CCC(C)(C)CCC/C=C(C)/C(C)=C/C1OCCCO1. The van der Waals surface area contributed by atoms with Crippen molar-refractivity contribution in [2.24, 2.45) is 5.41 Å². The molecule has 0 saturated carbocycles. The molecule has 2 heteroatoms. The average Bonchev–Trinajstić information content (AvgIpc) is 2.44. The Balaban J connectivity index is 2.37. The van der Waals surface area contributed by atoms with Gasteiger partial charge in [-0.2, -0.15) is 0 Å². The van der Waals surface area contributed by atoms with Crippen LogP contribution in [-0.2, 0) is 9.47 Å². The van der Waals surface area contributed by atoms with Crippen molar-refractivity contribution in [3.63, 3.8) is 0 Å². The van der Waals surface area contributed by atoms with Gasteiger partial charge in [-0.1, -0.05) is 38.8 Å². The number of rotatable bonds is 7. The second kappa shape index (κ2) is 8.63. The van der Waals surface area contributed by atoms with Crippen LogP contribution in [0.3, 0.4) is 0 Å². The molecule has 0 bridgehead atoms. The van der Waals surface area contributed by atoms with Gasteiger partial charge in [0.1, 0.15) is 0 Å². The quantitative estimate of drug-likeness (QED) is 0.468. The second-order valence-corrected chi connectivity index (χ2v) is 6.61. The molecule has 0 aromatic carbocycles. The highest BCUT2D eigenvalue weighted by molar-refractivity contribution is 5.27. The van der Waals surface area contributed by atoms with Crippen molar-refractivity contribution >= 4 is 0 Å². The summed E-state index contributed by atoms with van der Waals surface area (Å²) >= 11 is 0. The van der Waals surface area contributed by atoms with Crippen LogP contribution in [0.1, 0.15) is 66.7 Å². The van der Waals surface area contributed by atoms with Crippen molar-refractivity contribution in [2.45, 2.75) is 73.0 Å². The highest BCUT2D eigenvalue weighted by Gasteiger charge is 2.14. The Bertz CT molecular complexity index is 333. The molecule has 1 heterocycles. The first kappa shape index (κ1) is 17.5. The summed E-state index contributed by atoms with van der Waals surface area (Å²) in [5, 5.41) is 0. The van der Waals surface area contributed by atoms with Crippen LogP contribution in [0.2, 0.25) is 0 Å². The van der Waals surface area contributed by atoms with Crippen molar-refractivity contribution in [2.75, 3.05) is 13.2 Å². The van der Waals surface area contributed by atoms with Gasteiger partial charge in [-0.3, -0.25) is 0 Å². The number of ether oxygens (including phenoxy) is 2. The van der Waals surface area contributed by atoms with E-state index in [2.05, 4.69) is 46.8 Å². The molecule has 1 aliphatic heterocycles. The van der Waals surface area contributed by atoms with E-state index in [0.29, 0.717) is 5.41 Å². The van der Waals surface area contributed by atoms with Gasteiger partial charge in [0.05, 0.1) is 13.2 Å². The van der Waals surface area contributed by atoms with Crippen LogP contribution in [0.4, 0.5) is 0 Å². The lowest BCUT2D eigenvalue weighted by molar-refractivity contribution is -0.150. The lowest BCUT2D eigenvalue weighted by Crippen LogP contribution is -2.23. The summed E-state index contributed by atoms with van der Waals surface area (Å²) in [6.07, 6.45) is 10.3. The normalized spacial score (nSPS) is 19.4. The Morgan fingerprint density at radius 3 is 2.40 bits per heavy atom. The Morgan fingerprint density at radius 1 is 1.15 bits per heavy atom. The van der Waals surface area contributed by atoms with Gasteiger partial charge in [0, 0.05) is 0 Å². The maximum Gasteiger partial charge on any atom is 0.177 e. The number of allylic oxidation sites excluding steroid dienone is 3. The standard InChI is InChI=1S/C18H32O2/c1-6-18(4,5)11-8-7-10-15(2)16(3)14-17-19-12-9-13-20-17/h10,14,17H,6-9,11-13H2,1-5H3/b15-10+,16-14+. The van der Waals surface area contributed by atoms with Crippen LogP contribution in [0.5, 0.6) is 0 Å². The van der Waals surface area contributed by atoms with Crippen LogP contribution >= 0.6 is 0 Å². The third-order valence-corrected chi connectivity index (χ3v) is 4.33. The van der Waals surface area contributed by atoms with Crippen molar-refractivity contribution in [1.82, 2.24) is 0 Å². The Kier molecular flexibility index (Phi) is 7.53. The molecule has 1 saturated heterocycles. The minimum absolute atomic E-state index is 0.147. The Hall–Kier alpha value is -0.600. The molecule has 0 aliphatic carbocycles. The summed E-state index contributed by atoms with van der Waals surface area (Å²) < 4.78 is 11.1. The summed E-state index contributed by atoms with van der Waals surface area (Å²) in [7, 11) is 0. The van der Waals surface area contributed by atoms with Gasteiger partial charge in [-0.05, 0) is 56.6 Å². The monoisotopic (exact) mass is 280 g/mol. The average molecular weight is 280 g/mol. The summed E-state index contributed by atoms with van der Waals surface area (Å²) in [5.41, 5.74) is 3.10. The molecule has 0 radical (unpaired) electrons. The second-order valence-electron chi connectivity index (χ2n) is 6.61. The molecule has 0 N–H and O–H groups in total. The summed E-state index contributed by atoms with van der Waals surface area (Å²) in [6, 6.07) is 0. The van der Waals surface area contributed by atoms with Crippen molar-refractivity contribution in [1.29, 1.82) is 0 Å². The topological polar surface area (TPSA) is 18.5 Å². The Morgan fingerprint density at radius 2 is 1.80 bits per heavy atom. The zero-order valence-corrected chi connectivity index (χ0v) is 14.0. The molecule has 0 unspecified atom stereocenters. The van der Waals surface area contributed by atoms with Gasteiger partial charge in [-0.15, -0.1) is 0 Å². The van der Waals surface area contributed by atoms with Gasteiger partial charge in [0.15, 0.2) is 6.29 Å². The van der Waals surface area contributed by atoms with E-state index in [1.165, 1.54) is 30.4 Å². The minimum atomic E-state index is -0.147. The van der Waals surface area contributed by atoms with E-state index in [1.54, 1.807) is 0 Å². The molecular formula is C18H32O2. The van der Waals surface area contributed by atoms with Crippen LogP contribution < -0.4 is 0 Å². The summed E-state index contributed by atoms with van der Waals surface area (Å²) in [6.45, 7) is 12.9. The fourth-order valence-electron chi connectivity index (χ4n) is 2.17. The molecule has 0 aromatic heterocycles. The zero-order valence-electron chi connectivity index (χ0n) is 14.0. The largest absolute Gasteiger partial charge is 0.349 e. The number of unbranched alkanes of at least 4 members (excludes halogenated alkanes) is 1. The molecule has 0 atom stereocenters. The number of hydrogen-bond donors (Lipinski definition) is 0. The van der Waals surface area contributed by atoms with E-state index in [0.717, 1.165) is 26.1 Å². The van der Waals surface area contributed by atoms with E-state index in [-0.39, 0.29) is 6.29 Å². The van der Waals surface area contributed by atoms with Crippen LogP contribution in [0.15, 0.2) is 23.3 Å². The molecule has 1 aliphatic rings. The first-order chi connectivity index (χ1) is 9.44. The number of hydrogen-bond acceptors (Lipinski definition) is 2. The predicted octanol–water partition coefficient (Wildman–Crippen LogP) is 5.25. The van der Waals surface area contributed by atoms with Crippen LogP contribution in [0.25, 0.3) is 0 Å². The maximum atomic E-state index is 5.56.